The van der Waals surface area contributed by atoms with Crippen LogP contribution in [0.15, 0.2) is 24.3 Å². The molecule has 0 saturated carbocycles. The summed E-state index contributed by atoms with van der Waals surface area (Å²) in [7, 11) is 1.50. The van der Waals surface area contributed by atoms with Crippen LogP contribution in [-0.2, 0) is 14.4 Å². The number of hydrogen-bond acceptors (Lipinski definition) is 5. The summed E-state index contributed by atoms with van der Waals surface area (Å²) in [6.07, 6.45) is 5.11. The van der Waals surface area contributed by atoms with Crippen molar-refractivity contribution in [2.45, 2.75) is 32.1 Å². The van der Waals surface area contributed by atoms with E-state index in [1.807, 2.05) is 0 Å². The van der Waals surface area contributed by atoms with Gasteiger partial charge in [0.1, 0.15) is 12.3 Å². The van der Waals surface area contributed by atoms with Gasteiger partial charge < -0.3 is 9.64 Å². The number of carbonyl (C=O) groups excluding carboxylic acids is 4. The van der Waals surface area contributed by atoms with E-state index >= 15 is 0 Å². The molecule has 1 aromatic rings. The van der Waals surface area contributed by atoms with E-state index in [9.17, 15) is 19.2 Å². The molecule has 2 aliphatic heterocycles. The number of likely N-dealkylation sites (tertiary alicyclic amines) is 1. The Morgan fingerprint density at radius 1 is 0.926 bits per heavy atom. The highest BCUT2D eigenvalue weighted by molar-refractivity contribution is 6.53. The molecule has 0 aliphatic carbocycles. The quantitative estimate of drug-likeness (QED) is 0.593. The molecule has 3 rings (SSSR count). The van der Waals surface area contributed by atoms with E-state index in [-0.39, 0.29) is 11.6 Å². The maximum absolute atomic E-state index is 12.6. The lowest BCUT2D eigenvalue weighted by Crippen LogP contribution is -2.44. The van der Waals surface area contributed by atoms with Crippen molar-refractivity contribution >= 4 is 29.4 Å². The van der Waals surface area contributed by atoms with Crippen LogP contribution in [0.1, 0.15) is 32.1 Å². The van der Waals surface area contributed by atoms with E-state index in [1.165, 1.54) is 19.2 Å². The number of amides is 5. The molecule has 0 unspecified atom stereocenters. The molecule has 1 aromatic carbocycles. The van der Waals surface area contributed by atoms with Gasteiger partial charge in [-0.15, -0.1) is 0 Å². The summed E-state index contributed by atoms with van der Waals surface area (Å²) in [5.41, 5.74) is 0.264. The molecule has 0 radical (unpaired) electrons. The molecule has 5 amide bonds. The Balaban J connectivity index is 1.72. The molecule has 2 fully saturated rings. The number of benzene rings is 1. The molecule has 0 bridgehead atoms. The monoisotopic (exact) mass is 373 g/mol. The van der Waals surface area contributed by atoms with Gasteiger partial charge in [-0.05, 0) is 37.1 Å². The summed E-state index contributed by atoms with van der Waals surface area (Å²) < 4.78 is 5.05. The molecule has 27 heavy (non-hydrogen) atoms. The smallest absolute Gasteiger partial charge is 0.339 e. The second-order valence-electron chi connectivity index (χ2n) is 6.66. The average molecular weight is 373 g/mol. The molecule has 8 nitrogen and oxygen atoms in total. The summed E-state index contributed by atoms with van der Waals surface area (Å²) in [4.78, 5) is 53.0. The van der Waals surface area contributed by atoms with Crippen molar-refractivity contribution in [1.82, 2.24) is 9.80 Å². The number of nitrogens with zero attached hydrogens (tertiary/aromatic N) is 3. The lowest BCUT2D eigenvalue weighted by atomic mass is 10.1. The van der Waals surface area contributed by atoms with Crippen LogP contribution >= 0.6 is 0 Å². The van der Waals surface area contributed by atoms with Crippen molar-refractivity contribution in [1.29, 1.82) is 0 Å². The number of anilines is 1. The topological polar surface area (TPSA) is 87.2 Å². The second kappa shape index (κ2) is 8.20. The van der Waals surface area contributed by atoms with Gasteiger partial charge in [0, 0.05) is 13.1 Å². The molecule has 2 heterocycles. The highest BCUT2D eigenvalue weighted by Gasteiger charge is 2.46. The van der Waals surface area contributed by atoms with Crippen LogP contribution in [0.25, 0.3) is 0 Å². The van der Waals surface area contributed by atoms with E-state index in [2.05, 4.69) is 0 Å². The van der Waals surface area contributed by atoms with Crippen molar-refractivity contribution in [2.24, 2.45) is 0 Å². The highest BCUT2D eigenvalue weighted by atomic mass is 16.5. The van der Waals surface area contributed by atoms with Gasteiger partial charge in [0.05, 0.1) is 12.8 Å². The molecule has 0 spiro atoms. The van der Waals surface area contributed by atoms with Gasteiger partial charge in [0.2, 0.25) is 5.91 Å². The summed E-state index contributed by atoms with van der Waals surface area (Å²) in [6, 6.07) is 5.43. The van der Waals surface area contributed by atoms with Crippen LogP contribution in [0.3, 0.4) is 0 Å². The fourth-order valence-corrected chi connectivity index (χ4v) is 3.34. The Morgan fingerprint density at radius 2 is 1.52 bits per heavy atom. The number of hydrogen-bond donors (Lipinski definition) is 0. The van der Waals surface area contributed by atoms with Gasteiger partial charge >= 0.3 is 17.8 Å². The third kappa shape index (κ3) is 3.94. The van der Waals surface area contributed by atoms with Gasteiger partial charge in [0.15, 0.2) is 0 Å². The zero-order valence-electron chi connectivity index (χ0n) is 15.3. The molecular formula is C19H23N3O5. The minimum atomic E-state index is -0.976. The molecule has 0 aromatic heterocycles. The number of methoxy groups -OCH3 is 1. The summed E-state index contributed by atoms with van der Waals surface area (Å²) in [5.74, 6) is -1.67. The number of carbonyl (C=O) groups is 4. The average Bonchev–Trinajstić information content (AvgIpc) is 2.85. The SMILES string of the molecule is COc1ccc(N2C(=O)C(=O)N(CC(=O)N3CCCCCCC3)C2=O)cc1. The van der Waals surface area contributed by atoms with Crippen LogP contribution in [0.2, 0.25) is 0 Å². The van der Waals surface area contributed by atoms with Gasteiger partial charge in [-0.3, -0.25) is 14.4 Å². The first-order valence-electron chi connectivity index (χ1n) is 9.14. The van der Waals surface area contributed by atoms with Gasteiger partial charge in [-0.2, -0.15) is 0 Å². The Morgan fingerprint density at radius 3 is 2.11 bits per heavy atom. The zero-order valence-corrected chi connectivity index (χ0v) is 15.3. The fraction of sp³-hybridized carbons (Fsp3) is 0.474. The predicted octanol–water partition coefficient (Wildman–Crippen LogP) is 1.78. The van der Waals surface area contributed by atoms with Crippen molar-refractivity contribution < 1.29 is 23.9 Å². The number of urea groups is 1. The van der Waals surface area contributed by atoms with Crippen LogP contribution in [-0.4, -0.2) is 60.3 Å². The Bertz CT molecular complexity index is 738. The summed E-state index contributed by atoms with van der Waals surface area (Å²) >= 11 is 0. The molecule has 144 valence electrons. The maximum atomic E-state index is 12.6. The van der Waals surface area contributed by atoms with Gasteiger partial charge in [0.25, 0.3) is 0 Å². The molecule has 2 saturated heterocycles. The van der Waals surface area contributed by atoms with Crippen LogP contribution in [0.5, 0.6) is 5.75 Å². The number of imide groups is 2. The normalized spacial score (nSPS) is 18.6. The molecule has 2 aliphatic rings. The third-order valence-electron chi connectivity index (χ3n) is 4.89. The minimum absolute atomic E-state index is 0.264. The second-order valence-corrected chi connectivity index (χ2v) is 6.66. The van der Waals surface area contributed by atoms with E-state index in [1.54, 1.807) is 17.0 Å². The first-order chi connectivity index (χ1) is 13.0. The highest BCUT2D eigenvalue weighted by Crippen LogP contribution is 2.24. The van der Waals surface area contributed by atoms with Crippen molar-refractivity contribution in [3.63, 3.8) is 0 Å². The van der Waals surface area contributed by atoms with E-state index in [0.29, 0.717) is 18.8 Å². The summed E-state index contributed by atoms with van der Waals surface area (Å²) in [6.45, 7) is 0.826. The summed E-state index contributed by atoms with van der Waals surface area (Å²) in [5, 5.41) is 0. The van der Waals surface area contributed by atoms with Crippen molar-refractivity contribution in [3.8, 4) is 5.75 Å². The van der Waals surface area contributed by atoms with Crippen molar-refractivity contribution in [2.75, 3.05) is 31.6 Å². The predicted molar refractivity (Wildman–Crippen MR) is 97.3 cm³/mol. The Labute approximate surface area is 157 Å². The first kappa shape index (κ1) is 18.9. The minimum Gasteiger partial charge on any atom is -0.497 e. The zero-order chi connectivity index (χ0) is 19.4. The fourth-order valence-electron chi connectivity index (χ4n) is 3.34. The lowest BCUT2D eigenvalue weighted by molar-refractivity contribution is -0.142. The molecule has 0 atom stereocenters. The maximum Gasteiger partial charge on any atom is 0.339 e. The Hall–Kier alpha value is -2.90. The lowest BCUT2D eigenvalue weighted by Gasteiger charge is -2.26. The van der Waals surface area contributed by atoms with E-state index in [0.717, 1.165) is 41.9 Å². The van der Waals surface area contributed by atoms with Crippen LogP contribution in [0, 0.1) is 0 Å². The van der Waals surface area contributed by atoms with E-state index in [4.69, 9.17) is 4.74 Å². The third-order valence-corrected chi connectivity index (χ3v) is 4.89. The molecule has 8 heteroatoms. The Kier molecular flexibility index (Phi) is 5.73. The van der Waals surface area contributed by atoms with Crippen LogP contribution in [0.4, 0.5) is 10.5 Å². The van der Waals surface area contributed by atoms with E-state index < -0.39 is 24.4 Å². The van der Waals surface area contributed by atoms with Crippen molar-refractivity contribution in [3.05, 3.63) is 24.3 Å². The van der Waals surface area contributed by atoms with Crippen LogP contribution < -0.4 is 9.64 Å². The number of rotatable bonds is 4. The number of ether oxygens (including phenoxy) is 1. The molecular weight excluding hydrogens is 350 g/mol. The van der Waals surface area contributed by atoms with Gasteiger partial charge in [-0.1, -0.05) is 19.3 Å². The first-order valence-corrected chi connectivity index (χ1v) is 9.14. The molecule has 0 N–H and O–H groups in total. The largest absolute Gasteiger partial charge is 0.497 e. The van der Waals surface area contributed by atoms with Gasteiger partial charge in [-0.25, -0.2) is 14.6 Å². The standard InChI is InChI=1S/C19H23N3O5/c1-27-15-9-7-14(8-10-15)22-18(25)17(24)21(19(22)26)13-16(23)20-11-5-3-2-4-6-12-20/h7-10H,2-6,11-13H2,1H3.